The van der Waals surface area contributed by atoms with Crippen molar-refractivity contribution >= 4 is 28.1 Å². The van der Waals surface area contributed by atoms with E-state index in [9.17, 15) is 4.79 Å². The van der Waals surface area contributed by atoms with E-state index in [1.165, 1.54) is 0 Å². The SMILES string of the molecule is CCOCCC(=O)N/N=C/c1ccc(Br)cc1. The van der Waals surface area contributed by atoms with Crippen molar-refractivity contribution in [2.45, 2.75) is 13.3 Å². The van der Waals surface area contributed by atoms with Gasteiger partial charge in [0.25, 0.3) is 0 Å². The van der Waals surface area contributed by atoms with Crippen LogP contribution in [0.5, 0.6) is 0 Å². The Morgan fingerprint density at radius 1 is 1.47 bits per heavy atom. The highest BCUT2D eigenvalue weighted by Gasteiger charge is 1.97. The van der Waals surface area contributed by atoms with E-state index in [2.05, 4.69) is 26.5 Å². The topological polar surface area (TPSA) is 50.7 Å². The normalized spacial score (nSPS) is 10.7. The van der Waals surface area contributed by atoms with Crippen LogP contribution in [0.4, 0.5) is 0 Å². The Hall–Kier alpha value is -1.20. The number of nitrogens with one attached hydrogen (secondary N) is 1. The van der Waals surface area contributed by atoms with Crippen molar-refractivity contribution in [1.82, 2.24) is 5.43 Å². The molecule has 0 atom stereocenters. The van der Waals surface area contributed by atoms with Crippen molar-refractivity contribution in [3.63, 3.8) is 0 Å². The summed E-state index contributed by atoms with van der Waals surface area (Å²) in [6.45, 7) is 2.94. The number of amides is 1. The maximum absolute atomic E-state index is 11.2. The number of rotatable bonds is 6. The zero-order valence-corrected chi connectivity index (χ0v) is 11.2. The van der Waals surface area contributed by atoms with E-state index < -0.39 is 0 Å². The Morgan fingerprint density at radius 2 is 2.18 bits per heavy atom. The van der Waals surface area contributed by atoms with E-state index in [0.717, 1.165) is 10.0 Å². The number of nitrogens with zero attached hydrogens (tertiary/aromatic N) is 1. The van der Waals surface area contributed by atoms with Gasteiger partial charge in [-0.1, -0.05) is 28.1 Å². The van der Waals surface area contributed by atoms with Gasteiger partial charge in [-0.2, -0.15) is 5.10 Å². The van der Waals surface area contributed by atoms with Crippen LogP contribution in [-0.4, -0.2) is 25.3 Å². The smallest absolute Gasteiger partial charge is 0.242 e. The first-order chi connectivity index (χ1) is 8.22. The molecule has 92 valence electrons. The van der Waals surface area contributed by atoms with Crippen molar-refractivity contribution < 1.29 is 9.53 Å². The van der Waals surface area contributed by atoms with Gasteiger partial charge in [-0.25, -0.2) is 5.43 Å². The summed E-state index contributed by atoms with van der Waals surface area (Å²) < 4.78 is 6.07. The molecule has 0 spiro atoms. The van der Waals surface area contributed by atoms with Crippen LogP contribution in [0.2, 0.25) is 0 Å². The fraction of sp³-hybridized carbons (Fsp3) is 0.333. The molecule has 0 heterocycles. The molecule has 0 bridgehead atoms. The highest BCUT2D eigenvalue weighted by Crippen LogP contribution is 2.08. The van der Waals surface area contributed by atoms with Crippen LogP contribution in [0.25, 0.3) is 0 Å². The van der Waals surface area contributed by atoms with E-state index in [-0.39, 0.29) is 5.91 Å². The Labute approximate surface area is 109 Å². The third-order valence-electron chi connectivity index (χ3n) is 1.95. The molecule has 0 unspecified atom stereocenters. The molecule has 0 aliphatic rings. The lowest BCUT2D eigenvalue weighted by molar-refractivity contribution is -0.122. The molecule has 1 rings (SSSR count). The van der Waals surface area contributed by atoms with E-state index in [0.29, 0.717) is 19.6 Å². The van der Waals surface area contributed by atoms with Gasteiger partial charge in [-0.3, -0.25) is 4.79 Å². The van der Waals surface area contributed by atoms with E-state index in [4.69, 9.17) is 4.74 Å². The lowest BCUT2D eigenvalue weighted by Crippen LogP contribution is -2.19. The minimum atomic E-state index is -0.146. The highest BCUT2D eigenvalue weighted by atomic mass is 79.9. The van der Waals surface area contributed by atoms with Crippen molar-refractivity contribution in [2.75, 3.05) is 13.2 Å². The van der Waals surface area contributed by atoms with Gasteiger partial charge in [0.1, 0.15) is 0 Å². The number of carbonyl (C=O) groups excluding carboxylic acids is 1. The maximum Gasteiger partial charge on any atom is 0.242 e. The van der Waals surface area contributed by atoms with Gasteiger partial charge in [0.2, 0.25) is 5.91 Å². The van der Waals surface area contributed by atoms with Crippen LogP contribution < -0.4 is 5.43 Å². The molecule has 5 heteroatoms. The Bertz CT molecular complexity index is 377. The van der Waals surface area contributed by atoms with Gasteiger partial charge in [0, 0.05) is 11.1 Å². The van der Waals surface area contributed by atoms with Crippen molar-refractivity contribution in [1.29, 1.82) is 0 Å². The second-order valence-corrected chi connectivity index (χ2v) is 4.21. The van der Waals surface area contributed by atoms with E-state index in [1.54, 1.807) is 6.21 Å². The molecular weight excluding hydrogens is 284 g/mol. The fourth-order valence-electron chi connectivity index (χ4n) is 1.09. The summed E-state index contributed by atoms with van der Waals surface area (Å²) in [5.41, 5.74) is 3.37. The second-order valence-electron chi connectivity index (χ2n) is 3.29. The zero-order chi connectivity index (χ0) is 12.5. The van der Waals surface area contributed by atoms with Crippen LogP contribution in [0.1, 0.15) is 18.9 Å². The molecule has 1 aromatic carbocycles. The average Bonchev–Trinajstić information content (AvgIpc) is 2.32. The molecule has 0 saturated carbocycles. The Morgan fingerprint density at radius 3 is 2.82 bits per heavy atom. The summed E-state index contributed by atoms with van der Waals surface area (Å²) >= 11 is 3.34. The summed E-state index contributed by atoms with van der Waals surface area (Å²) in [7, 11) is 0. The Kier molecular flexibility index (Phi) is 6.50. The number of hydrogen-bond acceptors (Lipinski definition) is 3. The van der Waals surface area contributed by atoms with E-state index in [1.807, 2.05) is 31.2 Å². The molecule has 0 aliphatic carbocycles. The molecule has 0 saturated heterocycles. The summed E-state index contributed by atoms with van der Waals surface area (Å²) in [4.78, 5) is 11.2. The standard InChI is InChI=1S/C12H15BrN2O2/c1-2-17-8-7-12(16)15-14-9-10-3-5-11(13)6-4-10/h3-6,9H,2,7-8H2,1H3,(H,15,16)/b14-9+. The summed E-state index contributed by atoms with van der Waals surface area (Å²) in [5.74, 6) is -0.146. The van der Waals surface area contributed by atoms with Crippen LogP contribution in [0, 0.1) is 0 Å². The highest BCUT2D eigenvalue weighted by molar-refractivity contribution is 9.10. The number of carbonyl (C=O) groups is 1. The molecule has 0 radical (unpaired) electrons. The van der Waals surface area contributed by atoms with Crippen LogP contribution in [0.15, 0.2) is 33.8 Å². The minimum absolute atomic E-state index is 0.146. The first-order valence-electron chi connectivity index (χ1n) is 5.37. The van der Waals surface area contributed by atoms with Crippen LogP contribution >= 0.6 is 15.9 Å². The van der Waals surface area contributed by atoms with Crippen molar-refractivity contribution in [3.05, 3.63) is 34.3 Å². The monoisotopic (exact) mass is 298 g/mol. The third kappa shape index (κ3) is 6.19. The van der Waals surface area contributed by atoms with Gasteiger partial charge in [-0.15, -0.1) is 0 Å². The lowest BCUT2D eigenvalue weighted by Gasteiger charge is -2.00. The summed E-state index contributed by atoms with van der Waals surface area (Å²) in [6.07, 6.45) is 1.93. The quantitative estimate of drug-likeness (QED) is 0.498. The maximum atomic E-state index is 11.2. The summed E-state index contributed by atoms with van der Waals surface area (Å²) in [6, 6.07) is 7.64. The Balaban J connectivity index is 2.29. The molecule has 1 aromatic rings. The van der Waals surface area contributed by atoms with Crippen LogP contribution in [-0.2, 0) is 9.53 Å². The number of benzene rings is 1. The second kappa shape index (κ2) is 7.97. The molecular formula is C12H15BrN2O2. The molecule has 0 fully saturated rings. The van der Waals surface area contributed by atoms with Crippen molar-refractivity contribution in [3.8, 4) is 0 Å². The van der Waals surface area contributed by atoms with Gasteiger partial charge >= 0.3 is 0 Å². The molecule has 17 heavy (non-hydrogen) atoms. The van der Waals surface area contributed by atoms with Gasteiger partial charge in [0.15, 0.2) is 0 Å². The lowest BCUT2D eigenvalue weighted by atomic mass is 10.2. The predicted octanol–water partition coefficient (Wildman–Crippen LogP) is 2.33. The molecule has 1 N–H and O–H groups in total. The molecule has 4 nitrogen and oxygen atoms in total. The number of hydrazone groups is 1. The predicted molar refractivity (Wildman–Crippen MR) is 71.0 cm³/mol. The van der Waals surface area contributed by atoms with Gasteiger partial charge in [0.05, 0.1) is 19.2 Å². The summed E-state index contributed by atoms with van der Waals surface area (Å²) in [5, 5.41) is 3.85. The third-order valence-corrected chi connectivity index (χ3v) is 2.48. The first-order valence-corrected chi connectivity index (χ1v) is 6.17. The average molecular weight is 299 g/mol. The molecule has 1 amide bonds. The van der Waals surface area contributed by atoms with Gasteiger partial charge < -0.3 is 4.74 Å². The zero-order valence-electron chi connectivity index (χ0n) is 9.65. The number of ether oxygens (including phenoxy) is 1. The largest absolute Gasteiger partial charge is 0.381 e. The van der Waals surface area contributed by atoms with Crippen molar-refractivity contribution in [2.24, 2.45) is 5.10 Å². The first kappa shape index (κ1) is 13.9. The van der Waals surface area contributed by atoms with Crippen LogP contribution in [0.3, 0.4) is 0 Å². The van der Waals surface area contributed by atoms with Gasteiger partial charge in [-0.05, 0) is 24.6 Å². The molecule has 0 aromatic heterocycles. The number of hydrogen-bond donors (Lipinski definition) is 1. The number of halogens is 1. The fourth-order valence-corrected chi connectivity index (χ4v) is 1.36. The molecule has 0 aliphatic heterocycles. The van der Waals surface area contributed by atoms with E-state index >= 15 is 0 Å². The minimum Gasteiger partial charge on any atom is -0.381 e.